The summed E-state index contributed by atoms with van der Waals surface area (Å²) in [6.45, 7) is 9.20. The van der Waals surface area contributed by atoms with Crippen LogP contribution in [0.2, 0.25) is 0 Å². The predicted molar refractivity (Wildman–Crippen MR) is 176 cm³/mol. The smallest absolute Gasteiger partial charge is 0.333 e. The van der Waals surface area contributed by atoms with Crippen molar-refractivity contribution in [3.63, 3.8) is 0 Å². The van der Waals surface area contributed by atoms with Crippen LogP contribution in [-0.4, -0.2) is 37.5 Å². The Morgan fingerprint density at radius 3 is 2.64 bits per heavy atom. The van der Waals surface area contributed by atoms with Gasteiger partial charge in [0, 0.05) is 48.7 Å². The first-order valence-electron chi connectivity index (χ1n) is 16.0. The number of nitrogens with zero attached hydrogens (tertiary/aromatic N) is 5. The standard InChI is InChI=1S/C33H38F2N6O.C2H6.H2/c1-3-14-42-15-13-22(2)16-23-9-12-29(28(17-23)24-10-11-24)38-33-36-19-25-18-30(26-20-37-40(21-26)32(34)35)41(31(25)39-33)27-7-5-4-6-8-27;1-2;/h9-10,12,17-21,27,32H,2-8,11,13-16H2,1H3,(H,36,38,39);1-2H3;1H. The van der Waals surface area contributed by atoms with Crippen LogP contribution in [0.5, 0.6) is 0 Å². The molecule has 0 atom stereocenters. The molecule has 0 amide bonds. The second kappa shape index (κ2) is 14.8. The Morgan fingerprint density at radius 1 is 1.14 bits per heavy atom. The molecule has 236 valence electrons. The average Bonchev–Trinajstić information content (AvgIpc) is 3.64. The molecule has 2 aliphatic rings. The number of halogens is 2. The van der Waals surface area contributed by atoms with E-state index in [1.807, 2.05) is 26.1 Å². The Hall–Kier alpha value is -3.85. The number of alkyl halides is 2. The molecule has 1 fully saturated rings. The summed E-state index contributed by atoms with van der Waals surface area (Å²) < 4.78 is 35.2. The third-order valence-corrected chi connectivity index (χ3v) is 8.10. The van der Waals surface area contributed by atoms with Crippen LogP contribution in [0.4, 0.5) is 20.4 Å². The van der Waals surface area contributed by atoms with Crippen LogP contribution >= 0.6 is 0 Å². The Labute approximate surface area is 260 Å². The monoisotopic (exact) mass is 604 g/mol. The number of ether oxygens (including phenoxy) is 1. The van der Waals surface area contributed by atoms with Gasteiger partial charge in [0.15, 0.2) is 0 Å². The number of aromatic nitrogens is 5. The molecule has 3 aromatic heterocycles. The SMILES string of the molecule is C=C(CCOCCC)Cc1ccc(Nc2ncc3cc(-c4cnn(C(F)F)c4)n(C4CCCCC4)c3n2)c(C2=CC2)c1.CC.[HH]. The zero-order valence-electron chi connectivity index (χ0n) is 26.2. The van der Waals surface area contributed by atoms with E-state index in [1.165, 1.54) is 30.0 Å². The number of fused-ring (bicyclic) bond motifs is 1. The third kappa shape index (κ3) is 7.44. The number of hydrogen-bond acceptors (Lipinski definition) is 5. The summed E-state index contributed by atoms with van der Waals surface area (Å²) in [5, 5.41) is 8.25. The van der Waals surface area contributed by atoms with Gasteiger partial charge in [0.05, 0.1) is 18.5 Å². The molecule has 0 unspecified atom stereocenters. The van der Waals surface area contributed by atoms with Crippen LogP contribution in [0.15, 0.2) is 61.1 Å². The minimum Gasteiger partial charge on any atom is -0.381 e. The van der Waals surface area contributed by atoms with Gasteiger partial charge in [0.2, 0.25) is 5.95 Å². The Balaban J connectivity index is 0.00000151. The Morgan fingerprint density at radius 2 is 1.93 bits per heavy atom. The van der Waals surface area contributed by atoms with Gasteiger partial charge in [-0.05, 0) is 67.9 Å². The number of nitrogens with one attached hydrogen (secondary N) is 1. The maximum absolute atomic E-state index is 13.3. The zero-order valence-corrected chi connectivity index (χ0v) is 26.2. The van der Waals surface area contributed by atoms with Gasteiger partial charge in [-0.15, -0.1) is 0 Å². The van der Waals surface area contributed by atoms with E-state index in [1.54, 1.807) is 0 Å². The summed E-state index contributed by atoms with van der Waals surface area (Å²) >= 11 is 0. The van der Waals surface area contributed by atoms with Crippen LogP contribution in [0.1, 0.15) is 97.3 Å². The lowest BCUT2D eigenvalue weighted by Crippen LogP contribution is -2.14. The van der Waals surface area contributed by atoms with Gasteiger partial charge in [-0.1, -0.05) is 64.3 Å². The molecule has 0 aliphatic heterocycles. The van der Waals surface area contributed by atoms with Gasteiger partial charge in [0.25, 0.3) is 0 Å². The van der Waals surface area contributed by atoms with Crippen LogP contribution < -0.4 is 5.32 Å². The maximum Gasteiger partial charge on any atom is 0.333 e. The fraction of sp³-hybridized carbons (Fsp3) is 0.457. The maximum atomic E-state index is 13.3. The zero-order chi connectivity index (χ0) is 31.1. The van der Waals surface area contributed by atoms with Gasteiger partial charge < -0.3 is 14.6 Å². The summed E-state index contributed by atoms with van der Waals surface area (Å²) in [6.07, 6.45) is 16.2. The van der Waals surface area contributed by atoms with E-state index in [2.05, 4.69) is 57.7 Å². The topological polar surface area (TPSA) is 69.8 Å². The van der Waals surface area contributed by atoms with Crippen molar-refractivity contribution in [2.24, 2.45) is 0 Å². The molecule has 0 bridgehead atoms. The van der Waals surface area contributed by atoms with Crippen molar-refractivity contribution in [3.8, 4) is 11.3 Å². The van der Waals surface area contributed by atoms with E-state index in [4.69, 9.17) is 9.72 Å². The van der Waals surface area contributed by atoms with Crippen molar-refractivity contribution in [2.45, 2.75) is 91.1 Å². The molecule has 7 nitrogen and oxygen atoms in total. The van der Waals surface area contributed by atoms with E-state index in [0.29, 0.717) is 22.8 Å². The van der Waals surface area contributed by atoms with Crippen molar-refractivity contribution in [3.05, 3.63) is 72.2 Å². The molecule has 0 radical (unpaired) electrons. The minimum absolute atomic E-state index is 0. The molecule has 4 aromatic rings. The fourth-order valence-electron chi connectivity index (χ4n) is 5.88. The summed E-state index contributed by atoms with van der Waals surface area (Å²) in [4.78, 5) is 9.64. The van der Waals surface area contributed by atoms with E-state index in [0.717, 1.165) is 91.5 Å². The largest absolute Gasteiger partial charge is 0.381 e. The molecule has 1 N–H and O–H groups in total. The summed E-state index contributed by atoms with van der Waals surface area (Å²) in [6, 6.07) is 8.71. The van der Waals surface area contributed by atoms with E-state index < -0.39 is 6.55 Å². The highest BCUT2D eigenvalue weighted by Gasteiger charge is 2.24. The van der Waals surface area contributed by atoms with Gasteiger partial charge in [0.1, 0.15) is 5.65 Å². The van der Waals surface area contributed by atoms with E-state index in [9.17, 15) is 8.78 Å². The van der Waals surface area contributed by atoms with Gasteiger partial charge >= 0.3 is 6.55 Å². The summed E-state index contributed by atoms with van der Waals surface area (Å²) in [5.41, 5.74) is 8.14. The highest BCUT2D eigenvalue weighted by Crippen LogP contribution is 2.39. The molecule has 1 aromatic carbocycles. The number of benzene rings is 1. The minimum atomic E-state index is -2.68. The van der Waals surface area contributed by atoms with Crippen molar-refractivity contribution < 1.29 is 14.9 Å². The lowest BCUT2D eigenvalue weighted by Gasteiger charge is -2.26. The van der Waals surface area contributed by atoms with E-state index in [-0.39, 0.29) is 7.47 Å². The third-order valence-electron chi connectivity index (χ3n) is 8.10. The molecular formula is C35H46F2N6O. The molecule has 2 aliphatic carbocycles. The van der Waals surface area contributed by atoms with Gasteiger partial charge in [-0.2, -0.15) is 18.9 Å². The first-order chi connectivity index (χ1) is 21.5. The fourth-order valence-corrected chi connectivity index (χ4v) is 5.88. The molecule has 0 spiro atoms. The number of hydrogen-bond donors (Lipinski definition) is 1. The van der Waals surface area contributed by atoms with Gasteiger partial charge in [-0.25, -0.2) is 9.67 Å². The summed E-state index contributed by atoms with van der Waals surface area (Å²) in [7, 11) is 0. The van der Waals surface area contributed by atoms with Crippen LogP contribution in [-0.2, 0) is 11.2 Å². The number of rotatable bonds is 13. The second-order valence-corrected chi connectivity index (χ2v) is 11.4. The molecule has 3 heterocycles. The van der Waals surface area contributed by atoms with Crippen LogP contribution in [0.25, 0.3) is 27.9 Å². The van der Waals surface area contributed by atoms with Crippen molar-refractivity contribution in [1.29, 1.82) is 0 Å². The van der Waals surface area contributed by atoms with Crippen molar-refractivity contribution >= 4 is 28.2 Å². The predicted octanol–water partition coefficient (Wildman–Crippen LogP) is 9.91. The first kappa shape index (κ1) is 31.6. The van der Waals surface area contributed by atoms with E-state index >= 15 is 0 Å². The van der Waals surface area contributed by atoms with Crippen LogP contribution in [0, 0.1) is 0 Å². The van der Waals surface area contributed by atoms with Crippen molar-refractivity contribution in [2.75, 3.05) is 18.5 Å². The normalized spacial score (nSPS) is 14.8. The summed E-state index contributed by atoms with van der Waals surface area (Å²) in [5.74, 6) is 0.514. The quantitative estimate of drug-likeness (QED) is 0.121. The Kier molecular flexibility index (Phi) is 10.6. The molecule has 0 saturated heterocycles. The first-order valence-corrected chi connectivity index (χ1v) is 16.0. The molecule has 6 rings (SSSR count). The highest BCUT2D eigenvalue weighted by molar-refractivity contribution is 5.87. The molecule has 9 heteroatoms. The average molecular weight is 605 g/mol. The Bertz CT molecular complexity index is 1600. The lowest BCUT2D eigenvalue weighted by atomic mass is 9.95. The number of anilines is 2. The van der Waals surface area contributed by atoms with Crippen molar-refractivity contribution in [1.82, 2.24) is 24.3 Å². The molecular weight excluding hydrogens is 558 g/mol. The number of allylic oxidation sites excluding steroid dienone is 2. The second-order valence-electron chi connectivity index (χ2n) is 11.4. The van der Waals surface area contributed by atoms with Gasteiger partial charge in [-0.3, -0.25) is 0 Å². The molecule has 1 saturated carbocycles. The van der Waals surface area contributed by atoms with Crippen LogP contribution in [0.3, 0.4) is 0 Å². The molecule has 44 heavy (non-hydrogen) atoms. The lowest BCUT2D eigenvalue weighted by molar-refractivity contribution is 0.0566. The highest BCUT2D eigenvalue weighted by atomic mass is 19.3.